The van der Waals surface area contributed by atoms with Crippen LogP contribution in [0.3, 0.4) is 0 Å². The Bertz CT molecular complexity index is 520. The summed E-state index contributed by atoms with van der Waals surface area (Å²) in [5, 5.41) is 4.00. The van der Waals surface area contributed by atoms with Crippen molar-refractivity contribution in [2.45, 2.75) is 25.1 Å². The van der Waals surface area contributed by atoms with Crippen molar-refractivity contribution in [3.63, 3.8) is 0 Å². The van der Waals surface area contributed by atoms with Crippen molar-refractivity contribution in [2.75, 3.05) is 0 Å². The maximum Gasteiger partial charge on any atom is 0.416 e. The van der Waals surface area contributed by atoms with Crippen molar-refractivity contribution in [2.24, 2.45) is 5.73 Å². The van der Waals surface area contributed by atoms with Crippen molar-refractivity contribution in [1.29, 1.82) is 0 Å². The van der Waals surface area contributed by atoms with Gasteiger partial charge in [0.25, 0.3) is 0 Å². The lowest BCUT2D eigenvalue weighted by atomic mass is 9.99. The van der Waals surface area contributed by atoms with E-state index in [0.29, 0.717) is 12.0 Å². The van der Waals surface area contributed by atoms with Gasteiger partial charge in [0.2, 0.25) is 0 Å². The maximum absolute atomic E-state index is 12.6. The van der Waals surface area contributed by atoms with Gasteiger partial charge < -0.3 is 5.73 Å². The largest absolute Gasteiger partial charge is 0.416 e. The van der Waals surface area contributed by atoms with Gasteiger partial charge in [-0.15, -0.1) is 0 Å². The molecule has 1 unspecified atom stereocenters. The zero-order chi connectivity index (χ0) is 13.9. The summed E-state index contributed by atoms with van der Waals surface area (Å²) < 4.78 is 37.8. The molecule has 1 nitrogen and oxygen atoms in total. The molecule has 0 spiro atoms. The van der Waals surface area contributed by atoms with Gasteiger partial charge in [0.15, 0.2) is 0 Å². The van der Waals surface area contributed by atoms with Crippen LogP contribution in [0.15, 0.2) is 41.1 Å². The van der Waals surface area contributed by atoms with Crippen molar-refractivity contribution < 1.29 is 13.2 Å². The maximum atomic E-state index is 12.6. The molecule has 2 N–H and O–H groups in total. The monoisotopic (exact) mass is 285 g/mol. The highest BCUT2D eigenvalue weighted by atomic mass is 32.1. The molecule has 0 aliphatic heterocycles. The minimum absolute atomic E-state index is 0.373. The van der Waals surface area contributed by atoms with Crippen LogP contribution in [0.1, 0.15) is 29.2 Å². The fourth-order valence-electron chi connectivity index (χ4n) is 1.87. The molecule has 2 aromatic rings. The molecule has 1 atom stereocenters. The molecule has 0 aliphatic rings. The van der Waals surface area contributed by atoms with E-state index in [-0.39, 0.29) is 6.04 Å². The predicted molar refractivity (Wildman–Crippen MR) is 71.0 cm³/mol. The first-order valence-corrected chi connectivity index (χ1v) is 6.85. The Morgan fingerprint density at radius 2 is 2.00 bits per heavy atom. The second-order valence-corrected chi connectivity index (χ2v) is 5.18. The predicted octanol–water partition coefficient (Wildman–Crippen LogP) is 4.40. The average molecular weight is 285 g/mol. The fraction of sp³-hybridized carbons (Fsp3) is 0.286. The van der Waals surface area contributed by atoms with Gasteiger partial charge in [-0.2, -0.15) is 24.5 Å². The second kappa shape index (κ2) is 5.75. The summed E-state index contributed by atoms with van der Waals surface area (Å²) >= 11 is 1.60. The summed E-state index contributed by atoms with van der Waals surface area (Å²) in [7, 11) is 0. The lowest BCUT2D eigenvalue weighted by Gasteiger charge is -2.14. The number of rotatable bonds is 4. The van der Waals surface area contributed by atoms with Crippen LogP contribution < -0.4 is 5.73 Å². The van der Waals surface area contributed by atoms with E-state index in [9.17, 15) is 13.2 Å². The summed E-state index contributed by atoms with van der Waals surface area (Å²) in [5.41, 5.74) is 7.02. The molecule has 1 heterocycles. The van der Waals surface area contributed by atoms with Crippen molar-refractivity contribution >= 4 is 11.3 Å². The number of hydrogen-bond acceptors (Lipinski definition) is 2. The zero-order valence-electron chi connectivity index (χ0n) is 10.2. The fourth-order valence-corrected chi connectivity index (χ4v) is 2.57. The van der Waals surface area contributed by atoms with Crippen LogP contribution in [0.25, 0.3) is 0 Å². The summed E-state index contributed by atoms with van der Waals surface area (Å²) in [5.74, 6) is 0. The SMILES string of the molecule is NC(CCc1ccsc1)c1cccc(C(F)(F)F)c1. The Kier molecular flexibility index (Phi) is 4.27. The third-order valence-electron chi connectivity index (χ3n) is 2.97. The number of benzene rings is 1. The molecule has 0 aliphatic carbocycles. The summed E-state index contributed by atoms with van der Waals surface area (Å²) in [6.45, 7) is 0. The van der Waals surface area contributed by atoms with E-state index in [4.69, 9.17) is 5.73 Å². The van der Waals surface area contributed by atoms with Crippen molar-refractivity contribution in [3.8, 4) is 0 Å². The van der Waals surface area contributed by atoms with E-state index < -0.39 is 11.7 Å². The Morgan fingerprint density at radius 3 is 2.63 bits per heavy atom. The third-order valence-corrected chi connectivity index (χ3v) is 3.70. The molecular formula is C14H14F3NS. The van der Waals surface area contributed by atoms with E-state index in [0.717, 1.165) is 18.6 Å². The first-order valence-electron chi connectivity index (χ1n) is 5.90. The number of hydrogen-bond donors (Lipinski definition) is 1. The zero-order valence-corrected chi connectivity index (χ0v) is 11.0. The van der Waals surface area contributed by atoms with Crippen LogP contribution in [-0.4, -0.2) is 0 Å². The molecule has 0 amide bonds. The molecule has 19 heavy (non-hydrogen) atoms. The molecule has 0 fully saturated rings. The van der Waals surface area contributed by atoms with Gasteiger partial charge in [-0.25, -0.2) is 0 Å². The molecule has 1 aromatic heterocycles. The van der Waals surface area contributed by atoms with Crippen LogP contribution in [0.4, 0.5) is 13.2 Å². The average Bonchev–Trinajstić information content (AvgIpc) is 2.88. The van der Waals surface area contributed by atoms with E-state index in [1.54, 1.807) is 17.4 Å². The smallest absolute Gasteiger partial charge is 0.324 e. The van der Waals surface area contributed by atoms with E-state index in [1.165, 1.54) is 11.6 Å². The Hall–Kier alpha value is -1.33. The minimum atomic E-state index is -4.32. The lowest BCUT2D eigenvalue weighted by molar-refractivity contribution is -0.137. The highest BCUT2D eigenvalue weighted by molar-refractivity contribution is 7.07. The van der Waals surface area contributed by atoms with E-state index in [1.807, 2.05) is 16.8 Å². The van der Waals surface area contributed by atoms with Gasteiger partial charge in [-0.1, -0.05) is 12.1 Å². The minimum Gasteiger partial charge on any atom is -0.324 e. The number of halogens is 3. The molecule has 2 rings (SSSR count). The Balaban J connectivity index is 2.04. The molecule has 0 saturated carbocycles. The third kappa shape index (κ3) is 3.81. The van der Waals surface area contributed by atoms with E-state index >= 15 is 0 Å². The van der Waals surface area contributed by atoms with Gasteiger partial charge in [0, 0.05) is 6.04 Å². The molecule has 1 aromatic carbocycles. The number of alkyl halides is 3. The quantitative estimate of drug-likeness (QED) is 0.885. The summed E-state index contributed by atoms with van der Waals surface area (Å²) in [6.07, 6.45) is -2.90. The van der Waals surface area contributed by atoms with Gasteiger partial charge in [-0.3, -0.25) is 0 Å². The van der Waals surface area contributed by atoms with Crippen LogP contribution in [-0.2, 0) is 12.6 Å². The van der Waals surface area contributed by atoms with Gasteiger partial charge in [0.1, 0.15) is 0 Å². The van der Waals surface area contributed by atoms with Crippen molar-refractivity contribution in [1.82, 2.24) is 0 Å². The molecule has 0 saturated heterocycles. The first kappa shape index (κ1) is 14.1. The number of nitrogens with two attached hydrogens (primary N) is 1. The highest BCUT2D eigenvalue weighted by Crippen LogP contribution is 2.31. The van der Waals surface area contributed by atoms with Gasteiger partial charge in [0.05, 0.1) is 5.56 Å². The van der Waals surface area contributed by atoms with Gasteiger partial charge in [-0.05, 0) is 52.9 Å². The van der Waals surface area contributed by atoms with Crippen molar-refractivity contribution in [3.05, 3.63) is 57.8 Å². The number of thiophene rings is 1. The first-order chi connectivity index (χ1) is 8.97. The van der Waals surface area contributed by atoms with Crippen LogP contribution in [0.2, 0.25) is 0 Å². The summed E-state index contributed by atoms with van der Waals surface area (Å²) in [4.78, 5) is 0. The lowest BCUT2D eigenvalue weighted by Crippen LogP contribution is -2.13. The normalized spacial score (nSPS) is 13.5. The standard InChI is InChI=1S/C14H14F3NS/c15-14(16,17)12-3-1-2-11(8-12)13(18)5-4-10-6-7-19-9-10/h1-3,6-9,13H,4-5,18H2. The highest BCUT2D eigenvalue weighted by Gasteiger charge is 2.30. The second-order valence-electron chi connectivity index (χ2n) is 4.40. The molecule has 0 radical (unpaired) electrons. The summed E-state index contributed by atoms with van der Waals surface area (Å²) in [6, 6.07) is 6.88. The van der Waals surface area contributed by atoms with Crippen LogP contribution in [0.5, 0.6) is 0 Å². The molecular weight excluding hydrogens is 271 g/mol. The molecule has 102 valence electrons. The van der Waals surface area contributed by atoms with E-state index in [2.05, 4.69) is 0 Å². The van der Waals surface area contributed by atoms with Crippen LogP contribution >= 0.6 is 11.3 Å². The number of aryl methyl sites for hydroxylation is 1. The molecule has 5 heteroatoms. The Labute approximate surface area is 113 Å². The van der Waals surface area contributed by atoms with Crippen LogP contribution in [0, 0.1) is 0 Å². The molecule has 0 bridgehead atoms. The van der Waals surface area contributed by atoms with Gasteiger partial charge >= 0.3 is 6.18 Å². The topological polar surface area (TPSA) is 26.0 Å². The Morgan fingerprint density at radius 1 is 1.21 bits per heavy atom.